The third kappa shape index (κ3) is 4.58. The third-order valence-corrected chi connectivity index (χ3v) is 3.36. The number of hydrogen-bond donors (Lipinski definition) is 2. The molecule has 4 nitrogen and oxygen atoms in total. The number of carboxylic acids is 1. The van der Waals surface area contributed by atoms with Crippen LogP contribution in [0.25, 0.3) is 11.1 Å². The van der Waals surface area contributed by atoms with Crippen LogP contribution in [0, 0.1) is 0 Å². The molecule has 0 radical (unpaired) electrons. The van der Waals surface area contributed by atoms with Crippen molar-refractivity contribution in [3.8, 4) is 11.1 Å². The van der Waals surface area contributed by atoms with E-state index in [1.807, 2.05) is 30.3 Å². The maximum Gasteiger partial charge on any atom is 0.471 e. The Bertz CT molecular complexity index is 712. The highest BCUT2D eigenvalue weighted by Gasteiger charge is 2.40. The molecule has 126 valence electrons. The lowest BCUT2D eigenvalue weighted by atomic mass is 9.99. The van der Waals surface area contributed by atoms with E-state index in [9.17, 15) is 22.8 Å². The fraction of sp³-hybridized carbons (Fsp3) is 0.176. The molecular weight excluding hydrogens is 323 g/mol. The van der Waals surface area contributed by atoms with Gasteiger partial charge in [0, 0.05) is 0 Å². The van der Waals surface area contributed by atoms with Crippen LogP contribution in [0.4, 0.5) is 13.2 Å². The molecule has 0 spiro atoms. The smallest absolute Gasteiger partial charge is 0.471 e. The van der Waals surface area contributed by atoms with Crippen LogP contribution >= 0.6 is 0 Å². The van der Waals surface area contributed by atoms with Gasteiger partial charge in [0.25, 0.3) is 0 Å². The summed E-state index contributed by atoms with van der Waals surface area (Å²) in [5, 5.41) is 10.6. The number of carbonyl (C=O) groups excluding carboxylic acids is 1. The summed E-state index contributed by atoms with van der Waals surface area (Å²) in [5.41, 5.74) is 2.03. The van der Waals surface area contributed by atoms with Crippen LogP contribution in [-0.4, -0.2) is 23.2 Å². The van der Waals surface area contributed by atoms with E-state index in [-0.39, 0.29) is 5.56 Å². The van der Waals surface area contributed by atoms with E-state index < -0.39 is 30.5 Å². The number of aliphatic carboxylic acids is 1. The summed E-state index contributed by atoms with van der Waals surface area (Å²) in [7, 11) is 0. The van der Waals surface area contributed by atoms with Crippen LogP contribution in [-0.2, 0) is 9.59 Å². The predicted octanol–water partition coefficient (Wildman–Crippen LogP) is 3.55. The Morgan fingerprint density at radius 1 is 0.958 bits per heavy atom. The molecule has 0 bridgehead atoms. The molecule has 2 aromatic carbocycles. The van der Waals surface area contributed by atoms with Gasteiger partial charge in [-0.2, -0.15) is 13.2 Å². The van der Waals surface area contributed by atoms with Gasteiger partial charge in [-0.1, -0.05) is 54.6 Å². The Morgan fingerprint density at radius 2 is 1.50 bits per heavy atom. The van der Waals surface area contributed by atoms with Gasteiger partial charge >= 0.3 is 18.1 Å². The highest BCUT2D eigenvalue weighted by molar-refractivity contribution is 5.82. The molecule has 7 heteroatoms. The van der Waals surface area contributed by atoms with E-state index in [4.69, 9.17) is 5.11 Å². The predicted molar refractivity (Wildman–Crippen MR) is 81.1 cm³/mol. The zero-order valence-corrected chi connectivity index (χ0v) is 12.4. The lowest BCUT2D eigenvalue weighted by molar-refractivity contribution is -0.174. The first kappa shape index (κ1) is 17.5. The number of nitrogens with one attached hydrogen (secondary N) is 1. The van der Waals surface area contributed by atoms with Gasteiger partial charge in [0.1, 0.15) is 0 Å². The monoisotopic (exact) mass is 337 g/mol. The lowest BCUT2D eigenvalue weighted by Gasteiger charge is -2.18. The van der Waals surface area contributed by atoms with E-state index in [1.54, 1.807) is 17.4 Å². The quantitative estimate of drug-likeness (QED) is 0.877. The van der Waals surface area contributed by atoms with Gasteiger partial charge in [0.15, 0.2) is 0 Å². The Labute approximate surface area is 135 Å². The van der Waals surface area contributed by atoms with E-state index >= 15 is 0 Å². The number of carboxylic acid groups (broad SMARTS) is 1. The van der Waals surface area contributed by atoms with E-state index in [0.29, 0.717) is 0 Å². The lowest BCUT2D eigenvalue weighted by Crippen LogP contribution is -2.39. The zero-order valence-electron chi connectivity index (χ0n) is 12.4. The topological polar surface area (TPSA) is 66.4 Å². The van der Waals surface area contributed by atoms with Crippen molar-refractivity contribution in [2.75, 3.05) is 0 Å². The summed E-state index contributed by atoms with van der Waals surface area (Å²) in [6.45, 7) is 0. The average Bonchev–Trinajstić information content (AvgIpc) is 2.54. The standard InChI is InChI=1S/C17H14F3NO3/c18-17(19,20)16(24)21-14(10-15(22)23)13-8-6-12(7-9-13)11-4-2-1-3-5-11/h1-9,14H,10H2,(H,21,24)(H,22,23). The zero-order chi connectivity index (χ0) is 17.7. The molecule has 0 fully saturated rings. The largest absolute Gasteiger partial charge is 0.481 e. The molecule has 1 unspecified atom stereocenters. The summed E-state index contributed by atoms with van der Waals surface area (Å²) in [6.07, 6.45) is -5.72. The Balaban J connectivity index is 2.23. The molecule has 0 saturated carbocycles. The third-order valence-electron chi connectivity index (χ3n) is 3.36. The molecule has 0 saturated heterocycles. The van der Waals surface area contributed by atoms with E-state index in [0.717, 1.165) is 11.1 Å². The van der Waals surface area contributed by atoms with Gasteiger partial charge in [0.2, 0.25) is 0 Å². The van der Waals surface area contributed by atoms with Gasteiger partial charge < -0.3 is 10.4 Å². The van der Waals surface area contributed by atoms with Crippen molar-refractivity contribution in [1.82, 2.24) is 5.32 Å². The fourth-order valence-electron chi connectivity index (χ4n) is 2.21. The summed E-state index contributed by atoms with van der Waals surface area (Å²) in [4.78, 5) is 22.0. The van der Waals surface area contributed by atoms with Gasteiger partial charge in [-0.05, 0) is 16.7 Å². The SMILES string of the molecule is O=C(O)CC(NC(=O)C(F)(F)F)c1ccc(-c2ccccc2)cc1. The summed E-state index contributed by atoms with van der Waals surface area (Å²) < 4.78 is 37.2. The van der Waals surface area contributed by atoms with E-state index in [2.05, 4.69) is 0 Å². The second-order valence-corrected chi connectivity index (χ2v) is 5.11. The van der Waals surface area contributed by atoms with Crippen LogP contribution in [0.2, 0.25) is 0 Å². The second-order valence-electron chi connectivity index (χ2n) is 5.11. The van der Waals surface area contributed by atoms with Crippen LogP contribution in [0.15, 0.2) is 54.6 Å². The molecule has 24 heavy (non-hydrogen) atoms. The molecule has 0 aliphatic carbocycles. The second kappa shape index (κ2) is 7.16. The Kier molecular flexibility index (Phi) is 5.23. The first-order valence-corrected chi connectivity index (χ1v) is 7.02. The molecule has 0 aliphatic rings. The Morgan fingerprint density at radius 3 is 2.00 bits per heavy atom. The molecule has 1 amide bonds. The number of rotatable bonds is 5. The van der Waals surface area contributed by atoms with Crippen molar-refractivity contribution in [3.63, 3.8) is 0 Å². The van der Waals surface area contributed by atoms with Crippen molar-refractivity contribution < 1.29 is 27.9 Å². The summed E-state index contributed by atoms with van der Waals surface area (Å²) >= 11 is 0. The first-order chi connectivity index (χ1) is 11.3. The molecule has 0 aliphatic heterocycles. The highest BCUT2D eigenvalue weighted by Crippen LogP contribution is 2.25. The Hall–Kier alpha value is -2.83. The molecule has 0 heterocycles. The van der Waals surface area contributed by atoms with Gasteiger partial charge in [-0.15, -0.1) is 0 Å². The molecule has 2 N–H and O–H groups in total. The van der Waals surface area contributed by atoms with E-state index in [1.165, 1.54) is 12.1 Å². The van der Waals surface area contributed by atoms with Crippen molar-refractivity contribution in [3.05, 3.63) is 60.2 Å². The minimum atomic E-state index is -5.07. The maximum absolute atomic E-state index is 12.4. The minimum Gasteiger partial charge on any atom is -0.481 e. The minimum absolute atomic E-state index is 0.287. The number of carbonyl (C=O) groups is 2. The maximum atomic E-state index is 12.4. The van der Waals surface area contributed by atoms with Gasteiger partial charge in [0.05, 0.1) is 12.5 Å². The normalized spacial score (nSPS) is 12.5. The van der Waals surface area contributed by atoms with Crippen molar-refractivity contribution in [1.29, 1.82) is 0 Å². The van der Waals surface area contributed by atoms with Crippen molar-refractivity contribution in [2.24, 2.45) is 0 Å². The molecule has 0 aromatic heterocycles. The molecule has 1 atom stereocenters. The fourth-order valence-corrected chi connectivity index (χ4v) is 2.21. The molecule has 2 rings (SSSR count). The summed E-state index contributed by atoms with van der Waals surface area (Å²) in [6, 6.07) is 14.4. The number of benzene rings is 2. The first-order valence-electron chi connectivity index (χ1n) is 7.02. The van der Waals surface area contributed by atoms with Crippen LogP contribution in [0.3, 0.4) is 0 Å². The van der Waals surface area contributed by atoms with Crippen molar-refractivity contribution >= 4 is 11.9 Å². The van der Waals surface area contributed by atoms with Crippen LogP contribution < -0.4 is 5.32 Å². The van der Waals surface area contributed by atoms with Gasteiger partial charge in [-0.3, -0.25) is 9.59 Å². The molecule has 2 aromatic rings. The van der Waals surface area contributed by atoms with Gasteiger partial charge in [-0.25, -0.2) is 0 Å². The highest BCUT2D eigenvalue weighted by atomic mass is 19.4. The number of alkyl halides is 3. The number of halogens is 3. The van der Waals surface area contributed by atoms with Crippen molar-refractivity contribution in [2.45, 2.75) is 18.6 Å². The number of hydrogen-bond acceptors (Lipinski definition) is 2. The summed E-state index contributed by atoms with van der Waals surface area (Å²) in [5.74, 6) is -3.48. The number of amides is 1. The van der Waals surface area contributed by atoms with Crippen LogP contribution in [0.1, 0.15) is 18.0 Å². The molecular formula is C17H14F3NO3. The average molecular weight is 337 g/mol. The van der Waals surface area contributed by atoms with Crippen LogP contribution in [0.5, 0.6) is 0 Å².